The Bertz CT molecular complexity index is 387. The molecule has 0 aliphatic carbocycles. The van der Waals surface area contributed by atoms with Gasteiger partial charge in [0.25, 0.3) is 0 Å². The number of aryl methyl sites for hydroxylation is 1. The molecular formula is C12H15FN2O. The quantitative estimate of drug-likeness (QED) is 0.706. The number of rotatable bonds is 2. The van der Waals surface area contributed by atoms with Crippen LogP contribution in [0.3, 0.4) is 0 Å². The van der Waals surface area contributed by atoms with Crippen molar-refractivity contribution in [3.63, 3.8) is 0 Å². The fourth-order valence-electron chi connectivity index (χ4n) is 1.86. The Morgan fingerprint density at radius 2 is 1.94 bits per heavy atom. The van der Waals surface area contributed by atoms with Crippen LogP contribution >= 0.6 is 0 Å². The van der Waals surface area contributed by atoms with Crippen LogP contribution in [-0.2, 0) is 4.79 Å². The zero-order valence-electron chi connectivity index (χ0n) is 9.32. The van der Waals surface area contributed by atoms with Gasteiger partial charge in [-0.25, -0.2) is 4.39 Å². The summed E-state index contributed by atoms with van der Waals surface area (Å²) in [5, 5.41) is 0. The third-order valence-corrected chi connectivity index (χ3v) is 2.98. The van der Waals surface area contributed by atoms with Crippen molar-refractivity contribution in [2.45, 2.75) is 6.92 Å². The van der Waals surface area contributed by atoms with Gasteiger partial charge in [0.05, 0.1) is 0 Å². The second-order valence-electron chi connectivity index (χ2n) is 4.06. The number of amides is 1. The number of piperazine rings is 1. The highest BCUT2D eigenvalue weighted by Gasteiger charge is 2.16. The Morgan fingerprint density at radius 1 is 1.25 bits per heavy atom. The summed E-state index contributed by atoms with van der Waals surface area (Å²) in [4.78, 5) is 14.4. The SMILES string of the molecule is Cc1ccc(N2CCN(C=O)CC2)cc1F. The summed E-state index contributed by atoms with van der Waals surface area (Å²) in [6, 6.07) is 5.28. The van der Waals surface area contributed by atoms with Gasteiger partial charge in [0.15, 0.2) is 0 Å². The molecule has 1 amide bonds. The molecule has 4 heteroatoms. The lowest BCUT2D eigenvalue weighted by Crippen LogP contribution is -2.45. The highest BCUT2D eigenvalue weighted by atomic mass is 19.1. The first-order valence-electron chi connectivity index (χ1n) is 5.41. The molecule has 0 saturated carbocycles. The van der Waals surface area contributed by atoms with E-state index in [0.717, 1.165) is 25.2 Å². The Balaban J connectivity index is 2.08. The first-order valence-corrected chi connectivity index (χ1v) is 5.41. The summed E-state index contributed by atoms with van der Waals surface area (Å²) in [5.41, 5.74) is 1.56. The van der Waals surface area contributed by atoms with Crippen molar-refractivity contribution in [2.24, 2.45) is 0 Å². The summed E-state index contributed by atoms with van der Waals surface area (Å²) < 4.78 is 13.4. The first kappa shape index (κ1) is 10.9. The van der Waals surface area contributed by atoms with Gasteiger partial charge < -0.3 is 9.80 Å². The summed E-state index contributed by atoms with van der Waals surface area (Å²) in [5.74, 6) is -0.171. The van der Waals surface area contributed by atoms with Gasteiger partial charge in [-0.1, -0.05) is 6.07 Å². The minimum absolute atomic E-state index is 0.171. The number of benzene rings is 1. The second kappa shape index (κ2) is 4.51. The van der Waals surface area contributed by atoms with Gasteiger partial charge in [0.1, 0.15) is 5.82 Å². The van der Waals surface area contributed by atoms with Gasteiger partial charge in [-0.15, -0.1) is 0 Å². The van der Waals surface area contributed by atoms with E-state index < -0.39 is 0 Å². The van der Waals surface area contributed by atoms with Crippen LogP contribution < -0.4 is 4.90 Å². The van der Waals surface area contributed by atoms with Crippen LogP contribution in [-0.4, -0.2) is 37.5 Å². The maximum Gasteiger partial charge on any atom is 0.209 e. The highest BCUT2D eigenvalue weighted by molar-refractivity contribution is 5.51. The normalized spacial score (nSPS) is 16.4. The molecule has 0 radical (unpaired) electrons. The lowest BCUT2D eigenvalue weighted by atomic mass is 10.2. The minimum Gasteiger partial charge on any atom is -0.368 e. The summed E-state index contributed by atoms with van der Waals surface area (Å²) in [6.07, 6.45) is 0.868. The molecule has 1 heterocycles. The fraction of sp³-hybridized carbons (Fsp3) is 0.417. The van der Waals surface area contributed by atoms with Crippen LogP contribution in [0.15, 0.2) is 18.2 Å². The number of halogens is 1. The average molecular weight is 222 g/mol. The molecule has 0 bridgehead atoms. The van der Waals surface area contributed by atoms with Crippen LogP contribution in [0.5, 0.6) is 0 Å². The summed E-state index contributed by atoms with van der Waals surface area (Å²) in [7, 11) is 0. The van der Waals surface area contributed by atoms with Gasteiger partial charge in [-0.3, -0.25) is 4.79 Å². The van der Waals surface area contributed by atoms with E-state index in [1.807, 2.05) is 6.07 Å². The largest absolute Gasteiger partial charge is 0.368 e. The van der Waals surface area contributed by atoms with E-state index in [1.54, 1.807) is 24.0 Å². The molecular weight excluding hydrogens is 207 g/mol. The van der Waals surface area contributed by atoms with Crippen LogP contribution in [0.25, 0.3) is 0 Å². The van der Waals surface area contributed by atoms with E-state index in [4.69, 9.17) is 0 Å². The Kier molecular flexibility index (Phi) is 3.08. The van der Waals surface area contributed by atoms with Gasteiger partial charge >= 0.3 is 0 Å². The van der Waals surface area contributed by atoms with Crippen molar-refractivity contribution in [3.05, 3.63) is 29.6 Å². The lowest BCUT2D eigenvalue weighted by Gasteiger charge is -2.34. The topological polar surface area (TPSA) is 23.6 Å². The molecule has 1 saturated heterocycles. The van der Waals surface area contributed by atoms with E-state index in [1.165, 1.54) is 0 Å². The molecule has 0 N–H and O–H groups in total. The number of hydrogen-bond acceptors (Lipinski definition) is 2. The van der Waals surface area contributed by atoms with Gasteiger partial charge in [-0.05, 0) is 24.6 Å². The number of carbonyl (C=O) groups is 1. The van der Waals surface area contributed by atoms with Gasteiger partial charge in [0.2, 0.25) is 6.41 Å². The molecule has 86 valence electrons. The van der Waals surface area contributed by atoms with E-state index in [0.29, 0.717) is 18.7 Å². The summed E-state index contributed by atoms with van der Waals surface area (Å²) >= 11 is 0. The highest BCUT2D eigenvalue weighted by Crippen LogP contribution is 2.19. The number of nitrogens with zero attached hydrogens (tertiary/aromatic N) is 2. The molecule has 2 rings (SSSR count). The van der Waals surface area contributed by atoms with Gasteiger partial charge in [0, 0.05) is 31.9 Å². The molecule has 1 aromatic rings. The molecule has 16 heavy (non-hydrogen) atoms. The maximum absolute atomic E-state index is 13.4. The lowest BCUT2D eigenvalue weighted by molar-refractivity contribution is -0.118. The summed E-state index contributed by atoms with van der Waals surface area (Å²) in [6.45, 7) is 4.70. The molecule has 0 atom stereocenters. The third-order valence-electron chi connectivity index (χ3n) is 2.98. The standard InChI is InChI=1S/C12H15FN2O/c1-10-2-3-11(8-12(10)13)15-6-4-14(9-16)5-7-15/h2-3,8-9H,4-7H2,1H3. The minimum atomic E-state index is -0.171. The van der Waals surface area contributed by atoms with E-state index in [2.05, 4.69) is 4.90 Å². The molecule has 1 aromatic carbocycles. The van der Waals surface area contributed by atoms with Gasteiger partial charge in [-0.2, -0.15) is 0 Å². The zero-order chi connectivity index (χ0) is 11.5. The zero-order valence-corrected chi connectivity index (χ0v) is 9.32. The monoisotopic (exact) mass is 222 g/mol. The Morgan fingerprint density at radius 3 is 2.50 bits per heavy atom. The van der Waals surface area contributed by atoms with Crippen molar-refractivity contribution in [1.29, 1.82) is 0 Å². The third kappa shape index (κ3) is 2.15. The van der Waals surface area contributed by atoms with Crippen molar-refractivity contribution in [2.75, 3.05) is 31.1 Å². The van der Waals surface area contributed by atoms with Crippen LogP contribution in [0, 0.1) is 12.7 Å². The molecule has 0 spiro atoms. The smallest absolute Gasteiger partial charge is 0.209 e. The second-order valence-corrected chi connectivity index (χ2v) is 4.06. The number of hydrogen-bond donors (Lipinski definition) is 0. The van der Waals surface area contributed by atoms with Crippen LogP contribution in [0.2, 0.25) is 0 Å². The molecule has 1 aliphatic heterocycles. The van der Waals surface area contributed by atoms with Crippen LogP contribution in [0.4, 0.5) is 10.1 Å². The Labute approximate surface area is 94.5 Å². The van der Waals surface area contributed by atoms with Crippen molar-refractivity contribution < 1.29 is 9.18 Å². The number of anilines is 1. The molecule has 1 fully saturated rings. The molecule has 3 nitrogen and oxygen atoms in total. The predicted octanol–water partition coefficient (Wildman–Crippen LogP) is 1.41. The van der Waals surface area contributed by atoms with E-state index >= 15 is 0 Å². The Hall–Kier alpha value is -1.58. The molecule has 0 aromatic heterocycles. The molecule has 0 unspecified atom stereocenters. The predicted molar refractivity (Wildman–Crippen MR) is 61.0 cm³/mol. The fourth-order valence-corrected chi connectivity index (χ4v) is 1.86. The average Bonchev–Trinajstić information content (AvgIpc) is 2.33. The first-order chi connectivity index (χ1) is 7.70. The van der Waals surface area contributed by atoms with Crippen molar-refractivity contribution in [3.8, 4) is 0 Å². The molecule has 1 aliphatic rings. The number of carbonyl (C=O) groups excluding carboxylic acids is 1. The van der Waals surface area contributed by atoms with E-state index in [-0.39, 0.29) is 5.82 Å². The maximum atomic E-state index is 13.4. The van der Waals surface area contributed by atoms with Crippen molar-refractivity contribution >= 4 is 12.1 Å². The van der Waals surface area contributed by atoms with Crippen LogP contribution in [0.1, 0.15) is 5.56 Å². The van der Waals surface area contributed by atoms with Crippen molar-refractivity contribution in [1.82, 2.24) is 4.90 Å². The van der Waals surface area contributed by atoms with E-state index in [9.17, 15) is 9.18 Å².